The predicted octanol–water partition coefficient (Wildman–Crippen LogP) is 1.44. The van der Waals surface area contributed by atoms with Crippen LogP contribution in [0.4, 0.5) is 4.79 Å². The first kappa shape index (κ1) is 16.9. The van der Waals surface area contributed by atoms with Crippen molar-refractivity contribution in [1.29, 1.82) is 0 Å². The molecule has 0 aliphatic carbocycles. The van der Waals surface area contributed by atoms with Crippen molar-refractivity contribution in [2.75, 3.05) is 26.7 Å². The lowest BCUT2D eigenvalue weighted by Gasteiger charge is -2.17. The highest BCUT2D eigenvalue weighted by atomic mass is 16.5. The number of amides is 2. The van der Waals surface area contributed by atoms with Gasteiger partial charge in [-0.15, -0.1) is 0 Å². The molecule has 1 fully saturated rings. The smallest absolute Gasteiger partial charge is 0.325 e. The van der Waals surface area contributed by atoms with E-state index >= 15 is 0 Å². The molecule has 2 aromatic rings. The second kappa shape index (κ2) is 7.33. The molecule has 3 rings (SSSR count). The van der Waals surface area contributed by atoms with Crippen LogP contribution in [0.15, 0.2) is 34.9 Å². The molecule has 2 unspecified atom stereocenters. The van der Waals surface area contributed by atoms with Crippen molar-refractivity contribution in [1.82, 2.24) is 20.4 Å². The molecule has 132 valence electrons. The summed E-state index contributed by atoms with van der Waals surface area (Å²) in [5, 5.41) is 6.43. The van der Waals surface area contributed by atoms with Crippen molar-refractivity contribution in [3.63, 3.8) is 0 Å². The van der Waals surface area contributed by atoms with Crippen molar-refractivity contribution < 1.29 is 18.8 Å². The zero-order valence-corrected chi connectivity index (χ0v) is 14.1. The molecule has 8 heteroatoms. The first-order valence-electron chi connectivity index (χ1n) is 8.03. The highest BCUT2D eigenvalue weighted by Crippen LogP contribution is 2.38. The average Bonchev–Trinajstić information content (AvgIpc) is 3.26. The second-order valence-corrected chi connectivity index (χ2v) is 5.94. The Balaban J connectivity index is 1.78. The maximum absolute atomic E-state index is 12.4. The van der Waals surface area contributed by atoms with Crippen LogP contribution in [0.3, 0.4) is 0 Å². The second-order valence-electron chi connectivity index (χ2n) is 5.94. The molecule has 25 heavy (non-hydrogen) atoms. The third-order valence-corrected chi connectivity index (χ3v) is 4.31. The van der Waals surface area contributed by atoms with Crippen LogP contribution in [0.25, 0.3) is 0 Å². The maximum Gasteiger partial charge on any atom is 0.325 e. The van der Waals surface area contributed by atoms with E-state index in [-0.39, 0.29) is 24.4 Å². The van der Waals surface area contributed by atoms with E-state index in [1.54, 1.807) is 11.8 Å². The summed E-state index contributed by atoms with van der Waals surface area (Å²) in [6.45, 7) is 2.55. The van der Waals surface area contributed by atoms with Crippen LogP contribution in [0.5, 0.6) is 0 Å². The Morgan fingerprint density at radius 3 is 2.64 bits per heavy atom. The molecule has 0 saturated carbocycles. The van der Waals surface area contributed by atoms with Gasteiger partial charge < -0.3 is 19.5 Å². The number of nitrogens with one attached hydrogen (secondary N) is 1. The molecule has 2 atom stereocenters. The topological polar surface area (TPSA) is 97.6 Å². The van der Waals surface area contributed by atoms with Crippen LogP contribution in [-0.4, -0.2) is 53.8 Å². The molecule has 0 bridgehead atoms. The quantitative estimate of drug-likeness (QED) is 0.843. The molecule has 1 aromatic carbocycles. The van der Waals surface area contributed by atoms with Gasteiger partial charge in [0.05, 0.1) is 13.0 Å². The lowest BCUT2D eigenvalue weighted by Crippen LogP contribution is -2.41. The minimum atomic E-state index is -0.490. The van der Waals surface area contributed by atoms with Gasteiger partial charge in [0.1, 0.15) is 6.54 Å². The summed E-state index contributed by atoms with van der Waals surface area (Å²) in [5.41, 5.74) is 1.10. The van der Waals surface area contributed by atoms with Gasteiger partial charge >= 0.3 is 12.0 Å². The first-order chi connectivity index (χ1) is 12.1. The number of carbonyl (C=O) groups excluding carboxylic acids is 2. The number of methoxy groups -OCH3 is 1. The molecule has 8 nitrogen and oxygen atoms in total. The van der Waals surface area contributed by atoms with Crippen LogP contribution in [0, 0.1) is 6.92 Å². The van der Waals surface area contributed by atoms with Gasteiger partial charge in [0.15, 0.2) is 5.82 Å². The summed E-state index contributed by atoms with van der Waals surface area (Å²) >= 11 is 0. The molecule has 2 heterocycles. The van der Waals surface area contributed by atoms with Gasteiger partial charge in [-0.25, -0.2) is 4.79 Å². The average molecular weight is 344 g/mol. The van der Waals surface area contributed by atoms with Crippen molar-refractivity contribution in [3.05, 3.63) is 47.6 Å². The monoisotopic (exact) mass is 344 g/mol. The standard InChI is InChI=1S/C17H20N4O4/c1-11-19-16(25-20-11)14-10-21(17(23)18-8-15(22)24-2)9-13(14)12-6-4-3-5-7-12/h3-7,13-14H,8-10H2,1-2H3,(H,18,23). The Kier molecular flexibility index (Phi) is 4.97. The fourth-order valence-electron chi connectivity index (χ4n) is 3.05. The van der Waals surface area contributed by atoms with Gasteiger partial charge in [0.2, 0.25) is 5.89 Å². The summed E-state index contributed by atoms with van der Waals surface area (Å²) in [6.07, 6.45) is 0. The van der Waals surface area contributed by atoms with Crippen LogP contribution in [-0.2, 0) is 9.53 Å². The van der Waals surface area contributed by atoms with Crippen LogP contribution >= 0.6 is 0 Å². The van der Waals surface area contributed by atoms with Gasteiger partial charge in [-0.05, 0) is 12.5 Å². The Labute approximate surface area is 145 Å². The van der Waals surface area contributed by atoms with Crippen LogP contribution < -0.4 is 5.32 Å². The van der Waals surface area contributed by atoms with E-state index in [1.807, 2.05) is 30.3 Å². The number of hydrogen-bond acceptors (Lipinski definition) is 6. The third kappa shape index (κ3) is 3.78. The van der Waals surface area contributed by atoms with Crippen molar-refractivity contribution >= 4 is 12.0 Å². The molecule has 1 aliphatic heterocycles. The third-order valence-electron chi connectivity index (χ3n) is 4.31. The molecule has 1 aromatic heterocycles. The normalized spacial score (nSPS) is 19.7. The highest BCUT2D eigenvalue weighted by Gasteiger charge is 2.40. The van der Waals surface area contributed by atoms with Crippen LogP contribution in [0.1, 0.15) is 29.1 Å². The Bertz CT molecular complexity index is 746. The van der Waals surface area contributed by atoms with E-state index in [1.165, 1.54) is 7.11 Å². The first-order valence-corrected chi connectivity index (χ1v) is 8.03. The lowest BCUT2D eigenvalue weighted by molar-refractivity contribution is -0.139. The number of nitrogens with zero attached hydrogens (tertiary/aromatic N) is 3. The molecule has 1 N–H and O–H groups in total. The van der Waals surface area contributed by atoms with E-state index in [2.05, 4.69) is 20.2 Å². The highest BCUT2D eigenvalue weighted by molar-refractivity contribution is 5.81. The zero-order chi connectivity index (χ0) is 17.8. The Hall–Kier alpha value is -2.90. The number of urea groups is 1. The van der Waals surface area contributed by atoms with Gasteiger partial charge in [0.25, 0.3) is 0 Å². The van der Waals surface area contributed by atoms with E-state index in [9.17, 15) is 9.59 Å². The maximum atomic E-state index is 12.4. The molecular formula is C17H20N4O4. The predicted molar refractivity (Wildman–Crippen MR) is 87.9 cm³/mol. The summed E-state index contributed by atoms with van der Waals surface area (Å²) in [4.78, 5) is 29.6. The SMILES string of the molecule is COC(=O)CNC(=O)N1CC(c2ccccc2)C(c2nc(C)no2)C1. The number of carbonyl (C=O) groups is 2. The number of benzene rings is 1. The van der Waals surface area contributed by atoms with Crippen molar-refractivity contribution in [2.24, 2.45) is 0 Å². The largest absolute Gasteiger partial charge is 0.468 e. The number of hydrogen-bond donors (Lipinski definition) is 1. The van der Waals surface area contributed by atoms with Crippen molar-refractivity contribution in [3.8, 4) is 0 Å². The number of likely N-dealkylation sites (tertiary alicyclic amines) is 1. The van der Waals surface area contributed by atoms with E-state index in [0.717, 1.165) is 5.56 Å². The van der Waals surface area contributed by atoms with Gasteiger partial charge in [-0.2, -0.15) is 4.98 Å². The summed E-state index contributed by atoms with van der Waals surface area (Å²) in [6, 6.07) is 9.61. The van der Waals surface area contributed by atoms with E-state index in [0.29, 0.717) is 24.8 Å². The lowest BCUT2D eigenvalue weighted by atomic mass is 9.89. The van der Waals surface area contributed by atoms with Gasteiger partial charge in [0, 0.05) is 19.0 Å². The number of aryl methyl sites for hydroxylation is 1. The van der Waals surface area contributed by atoms with E-state index < -0.39 is 5.97 Å². The molecule has 2 amide bonds. The molecule has 1 saturated heterocycles. The molecule has 0 radical (unpaired) electrons. The van der Waals surface area contributed by atoms with Crippen molar-refractivity contribution in [2.45, 2.75) is 18.8 Å². The summed E-state index contributed by atoms with van der Waals surface area (Å²) in [5.74, 6) is 0.554. The summed E-state index contributed by atoms with van der Waals surface area (Å²) < 4.78 is 9.89. The Morgan fingerprint density at radius 1 is 1.28 bits per heavy atom. The Morgan fingerprint density at radius 2 is 2.00 bits per heavy atom. The fraction of sp³-hybridized carbons (Fsp3) is 0.412. The molecule has 1 aliphatic rings. The molecule has 0 spiro atoms. The minimum absolute atomic E-state index is 0.0462. The fourth-order valence-corrected chi connectivity index (χ4v) is 3.05. The van der Waals surface area contributed by atoms with Gasteiger partial charge in [-0.1, -0.05) is 35.5 Å². The number of ether oxygens (including phenoxy) is 1. The number of aromatic nitrogens is 2. The van der Waals surface area contributed by atoms with E-state index in [4.69, 9.17) is 4.52 Å². The summed E-state index contributed by atoms with van der Waals surface area (Å²) in [7, 11) is 1.28. The molecular weight excluding hydrogens is 324 g/mol. The van der Waals surface area contributed by atoms with Crippen LogP contribution in [0.2, 0.25) is 0 Å². The van der Waals surface area contributed by atoms with Gasteiger partial charge in [-0.3, -0.25) is 4.79 Å². The number of rotatable bonds is 4. The zero-order valence-electron chi connectivity index (χ0n) is 14.1. The minimum Gasteiger partial charge on any atom is -0.468 e. The number of esters is 1.